The number of nitrogens with zero attached hydrogens (tertiary/aromatic N) is 2. The quantitative estimate of drug-likeness (QED) is 0.920. The number of anilines is 1. The third-order valence-corrected chi connectivity index (χ3v) is 4.11. The van der Waals surface area contributed by atoms with E-state index in [2.05, 4.69) is 10.3 Å². The SMILES string of the molecule is CC(CS(C)(=O)=O)Nc1cccc(Cl)c1-n1ccnc1. The molecule has 1 heterocycles. The Balaban J connectivity index is 2.31. The van der Waals surface area contributed by atoms with Gasteiger partial charge in [-0.25, -0.2) is 13.4 Å². The number of sulfone groups is 1. The van der Waals surface area contributed by atoms with Gasteiger partial charge >= 0.3 is 0 Å². The minimum Gasteiger partial charge on any atom is -0.380 e. The van der Waals surface area contributed by atoms with E-state index in [0.717, 1.165) is 11.4 Å². The van der Waals surface area contributed by atoms with Gasteiger partial charge in [-0.05, 0) is 19.1 Å². The number of para-hydroxylation sites is 1. The predicted molar refractivity (Wildman–Crippen MR) is 81.4 cm³/mol. The standard InChI is InChI=1S/C13H16ClN3O2S/c1-10(8-20(2,18)19)16-12-5-3-4-11(14)13(12)17-7-6-15-9-17/h3-7,9-10,16H,8H2,1-2H3. The Kier molecular flexibility index (Phi) is 4.35. The van der Waals surface area contributed by atoms with Gasteiger partial charge in [0.1, 0.15) is 9.84 Å². The van der Waals surface area contributed by atoms with Crippen LogP contribution in [-0.2, 0) is 9.84 Å². The number of hydrogen-bond acceptors (Lipinski definition) is 4. The highest BCUT2D eigenvalue weighted by Crippen LogP contribution is 2.28. The summed E-state index contributed by atoms with van der Waals surface area (Å²) in [7, 11) is -3.03. The number of rotatable bonds is 5. The average molecular weight is 314 g/mol. The second kappa shape index (κ2) is 5.85. The fraction of sp³-hybridized carbons (Fsp3) is 0.308. The molecule has 108 valence electrons. The van der Waals surface area contributed by atoms with Gasteiger partial charge in [-0.2, -0.15) is 0 Å². The van der Waals surface area contributed by atoms with Crippen molar-refractivity contribution in [2.75, 3.05) is 17.3 Å². The molecule has 1 aromatic heterocycles. The third-order valence-electron chi connectivity index (χ3n) is 2.70. The molecule has 0 aliphatic carbocycles. The van der Waals surface area contributed by atoms with Crippen LogP contribution in [-0.4, -0.2) is 36.0 Å². The molecule has 0 saturated heterocycles. The molecule has 0 fully saturated rings. The summed E-state index contributed by atoms with van der Waals surface area (Å²) in [6.45, 7) is 1.82. The van der Waals surface area contributed by atoms with Crippen molar-refractivity contribution in [2.24, 2.45) is 0 Å². The summed E-state index contributed by atoms with van der Waals surface area (Å²) < 4.78 is 24.5. The summed E-state index contributed by atoms with van der Waals surface area (Å²) in [4.78, 5) is 4.00. The lowest BCUT2D eigenvalue weighted by Gasteiger charge is -2.18. The summed E-state index contributed by atoms with van der Waals surface area (Å²) in [5.74, 6) is 0.0584. The molecule has 1 unspecified atom stereocenters. The lowest BCUT2D eigenvalue weighted by molar-refractivity contribution is 0.598. The van der Waals surface area contributed by atoms with Gasteiger partial charge in [0.05, 0.1) is 28.5 Å². The van der Waals surface area contributed by atoms with Gasteiger partial charge in [0.15, 0.2) is 0 Å². The van der Waals surface area contributed by atoms with Crippen molar-refractivity contribution in [3.05, 3.63) is 41.9 Å². The highest BCUT2D eigenvalue weighted by molar-refractivity contribution is 7.90. The molecule has 0 bridgehead atoms. The Morgan fingerprint density at radius 1 is 1.45 bits per heavy atom. The van der Waals surface area contributed by atoms with Gasteiger partial charge in [0, 0.05) is 24.7 Å². The van der Waals surface area contributed by atoms with E-state index in [9.17, 15) is 8.42 Å². The van der Waals surface area contributed by atoms with Crippen LogP contribution < -0.4 is 5.32 Å². The van der Waals surface area contributed by atoms with Crippen molar-refractivity contribution < 1.29 is 8.42 Å². The van der Waals surface area contributed by atoms with Crippen molar-refractivity contribution in [1.82, 2.24) is 9.55 Å². The van der Waals surface area contributed by atoms with E-state index in [-0.39, 0.29) is 11.8 Å². The molecule has 2 rings (SSSR count). The van der Waals surface area contributed by atoms with Crippen molar-refractivity contribution in [3.8, 4) is 5.69 Å². The smallest absolute Gasteiger partial charge is 0.149 e. The fourth-order valence-corrected chi connectivity index (χ4v) is 3.31. The fourth-order valence-electron chi connectivity index (χ4n) is 2.05. The summed E-state index contributed by atoms with van der Waals surface area (Å²) >= 11 is 6.23. The molecule has 5 nitrogen and oxygen atoms in total. The van der Waals surface area contributed by atoms with Crippen LogP contribution in [0.25, 0.3) is 5.69 Å². The molecule has 0 radical (unpaired) electrons. The van der Waals surface area contributed by atoms with Crippen molar-refractivity contribution >= 4 is 27.1 Å². The minimum atomic E-state index is -3.03. The molecule has 0 aliphatic heterocycles. The Labute approximate surface area is 123 Å². The zero-order valence-corrected chi connectivity index (χ0v) is 12.8. The maximum absolute atomic E-state index is 11.3. The van der Waals surface area contributed by atoms with Crippen LogP contribution in [0.2, 0.25) is 5.02 Å². The van der Waals surface area contributed by atoms with Crippen LogP contribution in [0, 0.1) is 0 Å². The number of nitrogens with one attached hydrogen (secondary N) is 1. The van der Waals surface area contributed by atoms with E-state index in [0.29, 0.717) is 5.02 Å². The maximum atomic E-state index is 11.3. The Morgan fingerprint density at radius 3 is 2.80 bits per heavy atom. The van der Waals surface area contributed by atoms with Gasteiger partial charge in [0.25, 0.3) is 0 Å². The number of aromatic nitrogens is 2. The molecule has 1 atom stereocenters. The highest BCUT2D eigenvalue weighted by Gasteiger charge is 2.14. The highest BCUT2D eigenvalue weighted by atomic mass is 35.5. The number of imidazole rings is 1. The summed E-state index contributed by atoms with van der Waals surface area (Å²) in [5.41, 5.74) is 1.53. The Morgan fingerprint density at radius 2 is 2.20 bits per heavy atom. The van der Waals surface area contributed by atoms with Gasteiger partial charge in [-0.15, -0.1) is 0 Å². The van der Waals surface area contributed by atoms with E-state index >= 15 is 0 Å². The first-order valence-corrected chi connectivity index (χ1v) is 8.52. The summed E-state index contributed by atoms with van der Waals surface area (Å²) in [6.07, 6.45) is 6.31. The lowest BCUT2D eigenvalue weighted by atomic mass is 10.2. The average Bonchev–Trinajstić information content (AvgIpc) is 2.79. The molecule has 20 heavy (non-hydrogen) atoms. The normalized spacial score (nSPS) is 13.2. The summed E-state index contributed by atoms with van der Waals surface area (Å²) in [5, 5.41) is 3.75. The predicted octanol–water partition coefficient (Wildman–Crippen LogP) is 2.37. The van der Waals surface area contributed by atoms with E-state index in [1.54, 1.807) is 29.4 Å². The molecule has 0 amide bonds. The zero-order valence-electron chi connectivity index (χ0n) is 11.2. The molecule has 0 saturated carbocycles. The monoisotopic (exact) mass is 313 g/mol. The van der Waals surface area contributed by atoms with E-state index in [4.69, 9.17) is 11.6 Å². The first-order chi connectivity index (χ1) is 9.37. The van der Waals surface area contributed by atoms with Crippen LogP contribution in [0.15, 0.2) is 36.9 Å². The van der Waals surface area contributed by atoms with Gasteiger partial charge < -0.3 is 9.88 Å². The van der Waals surface area contributed by atoms with E-state index in [1.165, 1.54) is 6.26 Å². The summed E-state index contributed by atoms with van der Waals surface area (Å²) in [6, 6.07) is 5.24. The topological polar surface area (TPSA) is 64.0 Å². The van der Waals surface area contributed by atoms with Crippen molar-refractivity contribution in [1.29, 1.82) is 0 Å². The van der Waals surface area contributed by atoms with E-state index < -0.39 is 9.84 Å². The van der Waals surface area contributed by atoms with Crippen molar-refractivity contribution in [3.63, 3.8) is 0 Å². The molecule has 0 spiro atoms. The van der Waals surface area contributed by atoms with Gasteiger partial charge in [0.2, 0.25) is 0 Å². The van der Waals surface area contributed by atoms with Crippen LogP contribution in [0.4, 0.5) is 5.69 Å². The van der Waals surface area contributed by atoms with E-state index in [1.807, 2.05) is 19.1 Å². The molecule has 2 aromatic rings. The molecular weight excluding hydrogens is 298 g/mol. The zero-order chi connectivity index (χ0) is 14.8. The van der Waals surface area contributed by atoms with Crippen LogP contribution >= 0.6 is 11.6 Å². The van der Waals surface area contributed by atoms with Crippen molar-refractivity contribution in [2.45, 2.75) is 13.0 Å². The molecular formula is C13H16ClN3O2S. The first kappa shape index (κ1) is 14.9. The number of hydrogen-bond donors (Lipinski definition) is 1. The second-order valence-electron chi connectivity index (χ2n) is 4.74. The lowest BCUT2D eigenvalue weighted by Crippen LogP contribution is -2.25. The molecule has 1 N–H and O–H groups in total. The van der Waals surface area contributed by atoms with Crippen LogP contribution in [0.3, 0.4) is 0 Å². The molecule has 1 aromatic carbocycles. The minimum absolute atomic E-state index is 0.0584. The van der Waals surface area contributed by atoms with Crippen LogP contribution in [0.5, 0.6) is 0 Å². The number of benzene rings is 1. The Hall–Kier alpha value is -1.53. The Bertz CT molecular complexity index is 684. The largest absolute Gasteiger partial charge is 0.380 e. The third kappa shape index (κ3) is 3.74. The number of halogens is 1. The maximum Gasteiger partial charge on any atom is 0.149 e. The van der Waals surface area contributed by atoms with Gasteiger partial charge in [-0.3, -0.25) is 0 Å². The molecule has 0 aliphatic rings. The second-order valence-corrected chi connectivity index (χ2v) is 7.34. The molecule has 7 heteroatoms. The van der Waals surface area contributed by atoms with Crippen LogP contribution in [0.1, 0.15) is 6.92 Å². The first-order valence-electron chi connectivity index (χ1n) is 6.08. The van der Waals surface area contributed by atoms with Gasteiger partial charge in [-0.1, -0.05) is 17.7 Å².